The Kier molecular flexibility index (Phi) is 4.65. The van der Waals surface area contributed by atoms with Crippen molar-refractivity contribution in [3.63, 3.8) is 0 Å². The highest BCUT2D eigenvalue weighted by molar-refractivity contribution is 7.87. The summed E-state index contributed by atoms with van der Waals surface area (Å²) in [6.07, 6.45) is 3.51. The van der Waals surface area contributed by atoms with Crippen LogP contribution in [0.15, 0.2) is 0 Å². The second-order valence-electron chi connectivity index (χ2n) is 9.45. The van der Waals surface area contributed by atoms with E-state index in [0.29, 0.717) is 25.7 Å². The van der Waals surface area contributed by atoms with E-state index in [2.05, 4.69) is 4.74 Å². The average molecular weight is 426 g/mol. The molecule has 4 saturated carbocycles. The van der Waals surface area contributed by atoms with E-state index in [0.717, 1.165) is 6.42 Å². The largest absolute Gasteiger partial charge is 0.465 e. The Morgan fingerprint density at radius 2 is 1.46 bits per heavy atom. The van der Waals surface area contributed by atoms with Gasteiger partial charge in [0.15, 0.2) is 0 Å². The van der Waals surface area contributed by atoms with Crippen molar-refractivity contribution in [3.05, 3.63) is 0 Å². The predicted molar refractivity (Wildman–Crippen MR) is 89.7 cm³/mol. The van der Waals surface area contributed by atoms with E-state index in [1.165, 1.54) is 0 Å². The highest BCUT2D eigenvalue weighted by Gasteiger charge is 2.68. The first-order chi connectivity index (χ1) is 12.5. The van der Waals surface area contributed by atoms with Crippen LogP contribution < -0.4 is 0 Å². The molecule has 2 N–H and O–H groups in total. The number of ether oxygens (including phenoxy) is 2. The quantitative estimate of drug-likeness (QED) is 0.373. The molecule has 4 rings (SSSR count). The summed E-state index contributed by atoms with van der Waals surface area (Å²) >= 11 is 0. The lowest BCUT2D eigenvalue weighted by Gasteiger charge is -2.66. The Hall–Kier alpha value is -1.33. The summed E-state index contributed by atoms with van der Waals surface area (Å²) in [6.45, 7) is 2.74. The van der Waals surface area contributed by atoms with Crippen molar-refractivity contribution in [2.45, 2.75) is 63.2 Å². The molecule has 0 aliphatic heterocycles. The molecule has 0 radical (unpaired) electrons. The van der Waals surface area contributed by atoms with Gasteiger partial charge in [-0.15, -0.1) is 0 Å². The third-order valence-corrected chi connectivity index (χ3v) is 6.92. The van der Waals surface area contributed by atoms with Crippen LogP contribution in [0, 0.1) is 16.2 Å². The maximum atomic E-state index is 13.1. The van der Waals surface area contributed by atoms with Crippen LogP contribution in [-0.2, 0) is 29.2 Å². The molecule has 2 unspecified atom stereocenters. The van der Waals surface area contributed by atoms with E-state index >= 15 is 0 Å². The predicted octanol–water partition coefficient (Wildman–Crippen LogP) is 1.66. The number of hydrogen-bond donors (Lipinski definition) is 2. The van der Waals surface area contributed by atoms with Gasteiger partial charge >= 0.3 is 27.3 Å². The van der Waals surface area contributed by atoms with Crippen molar-refractivity contribution in [2.75, 3.05) is 13.2 Å². The summed E-state index contributed by atoms with van der Waals surface area (Å²) < 4.78 is 64.7. The fourth-order valence-electron chi connectivity index (χ4n) is 6.46. The highest BCUT2D eigenvalue weighted by Crippen LogP contribution is 2.70. The Balaban J connectivity index is 1.60. The highest BCUT2D eigenvalue weighted by atomic mass is 32.2. The van der Waals surface area contributed by atoms with Crippen LogP contribution in [-0.4, -0.2) is 54.1 Å². The van der Waals surface area contributed by atoms with Crippen LogP contribution in [0.4, 0.5) is 8.78 Å². The van der Waals surface area contributed by atoms with Gasteiger partial charge in [-0.3, -0.25) is 9.35 Å². The molecule has 0 saturated heterocycles. The molecule has 4 bridgehead atoms. The fourth-order valence-corrected chi connectivity index (χ4v) is 6.73. The van der Waals surface area contributed by atoms with E-state index in [1.807, 2.05) is 13.8 Å². The zero-order valence-corrected chi connectivity index (χ0v) is 16.5. The van der Waals surface area contributed by atoms with Gasteiger partial charge in [0.2, 0.25) is 0 Å². The first kappa shape index (κ1) is 21.4. The van der Waals surface area contributed by atoms with Gasteiger partial charge in [-0.25, -0.2) is 4.79 Å². The summed E-state index contributed by atoms with van der Waals surface area (Å²) in [6, 6.07) is 0. The minimum absolute atomic E-state index is 0.193. The van der Waals surface area contributed by atoms with Gasteiger partial charge < -0.3 is 14.6 Å². The summed E-state index contributed by atoms with van der Waals surface area (Å²) in [5.74, 6) is -3.03. The van der Waals surface area contributed by atoms with Crippen LogP contribution in [0.1, 0.15) is 52.4 Å². The third-order valence-electron chi connectivity index (χ3n) is 6.11. The number of hydrogen-bond acceptors (Lipinski definition) is 7. The third kappa shape index (κ3) is 3.52. The maximum Gasteiger partial charge on any atom is 0.465 e. The smallest absolute Gasteiger partial charge is 0.462 e. The molecule has 0 heterocycles. The molecular formula is C17H24F2O8S. The minimum Gasteiger partial charge on any atom is -0.462 e. The molecule has 4 fully saturated rings. The van der Waals surface area contributed by atoms with Crippen LogP contribution >= 0.6 is 0 Å². The Bertz CT molecular complexity index is 754. The van der Waals surface area contributed by atoms with E-state index in [1.54, 1.807) is 0 Å². The van der Waals surface area contributed by atoms with E-state index in [-0.39, 0.29) is 17.3 Å². The van der Waals surface area contributed by atoms with Crippen molar-refractivity contribution < 1.29 is 45.9 Å². The first-order valence-electron chi connectivity index (χ1n) is 8.96. The van der Waals surface area contributed by atoms with Crippen molar-refractivity contribution in [2.24, 2.45) is 16.2 Å². The number of alkyl halides is 2. The molecule has 0 aromatic rings. The summed E-state index contributed by atoms with van der Waals surface area (Å²) in [7, 11) is -5.95. The van der Waals surface area contributed by atoms with Gasteiger partial charge in [-0.1, -0.05) is 13.8 Å². The molecule has 11 heteroatoms. The second-order valence-corrected chi connectivity index (χ2v) is 10.9. The van der Waals surface area contributed by atoms with Gasteiger partial charge in [-0.05, 0) is 49.4 Å². The van der Waals surface area contributed by atoms with Crippen molar-refractivity contribution >= 4 is 22.1 Å². The summed E-state index contributed by atoms with van der Waals surface area (Å²) in [4.78, 5) is 23.9. The summed E-state index contributed by atoms with van der Waals surface area (Å²) in [5.41, 5.74) is -2.21. The number of halogens is 2. The van der Waals surface area contributed by atoms with Crippen molar-refractivity contribution in [1.82, 2.24) is 0 Å². The lowest BCUT2D eigenvalue weighted by atomic mass is 9.39. The van der Waals surface area contributed by atoms with Crippen molar-refractivity contribution in [3.8, 4) is 0 Å². The SMILES string of the molecule is CC12CC3(C)CC(O)(C1)CC(C(=O)OCCOC(=O)C(F)(F)S(=O)(=O)O)(C2)C3. The Labute approximate surface area is 161 Å². The van der Waals surface area contributed by atoms with Crippen LogP contribution in [0.3, 0.4) is 0 Å². The van der Waals surface area contributed by atoms with Crippen LogP contribution in [0.25, 0.3) is 0 Å². The van der Waals surface area contributed by atoms with Gasteiger partial charge in [-0.2, -0.15) is 17.2 Å². The van der Waals surface area contributed by atoms with E-state index in [9.17, 15) is 31.9 Å². The average Bonchev–Trinajstić information content (AvgIpc) is 2.44. The topological polar surface area (TPSA) is 127 Å². The molecule has 0 spiro atoms. The zero-order valence-electron chi connectivity index (χ0n) is 15.7. The first-order valence-corrected chi connectivity index (χ1v) is 10.4. The number of rotatable bonds is 6. The fraction of sp³-hybridized carbons (Fsp3) is 0.882. The molecule has 0 aromatic carbocycles. The number of carbonyl (C=O) groups is 2. The lowest BCUT2D eigenvalue weighted by molar-refractivity contribution is -0.234. The number of aliphatic hydroxyl groups is 1. The lowest BCUT2D eigenvalue weighted by Crippen LogP contribution is -2.64. The number of carbonyl (C=O) groups excluding carboxylic acids is 2. The van der Waals surface area contributed by atoms with Crippen molar-refractivity contribution in [1.29, 1.82) is 0 Å². The van der Waals surface area contributed by atoms with E-state index < -0.39 is 51.5 Å². The van der Waals surface area contributed by atoms with Crippen LogP contribution in [0.2, 0.25) is 0 Å². The molecule has 4 aliphatic carbocycles. The number of esters is 2. The van der Waals surface area contributed by atoms with Gasteiger partial charge in [0, 0.05) is 0 Å². The standard InChI is InChI=1S/C17H24F2O8S/c1-13-5-14(2)7-15(6-13,10-16(22,8-13)9-14)11(20)26-3-4-27-12(21)17(18,19)28(23,24)25/h22H,3-10H2,1-2H3,(H,23,24,25). The van der Waals surface area contributed by atoms with Gasteiger partial charge in [0.1, 0.15) is 13.2 Å². The Morgan fingerprint density at radius 1 is 0.964 bits per heavy atom. The monoisotopic (exact) mass is 426 g/mol. The van der Waals surface area contributed by atoms with Gasteiger partial charge in [0.25, 0.3) is 0 Å². The van der Waals surface area contributed by atoms with Gasteiger partial charge in [0.05, 0.1) is 11.0 Å². The Morgan fingerprint density at radius 3 is 1.93 bits per heavy atom. The molecule has 28 heavy (non-hydrogen) atoms. The molecule has 4 aliphatic rings. The molecule has 2 atom stereocenters. The maximum absolute atomic E-state index is 13.1. The molecular weight excluding hydrogens is 402 g/mol. The second kappa shape index (κ2) is 6.09. The minimum atomic E-state index is -5.95. The zero-order chi connectivity index (χ0) is 21.2. The normalized spacial score (nSPS) is 39.6. The van der Waals surface area contributed by atoms with Crippen LogP contribution in [0.5, 0.6) is 0 Å². The molecule has 160 valence electrons. The van der Waals surface area contributed by atoms with E-state index in [4.69, 9.17) is 9.29 Å². The molecule has 0 aromatic heterocycles. The molecule has 0 amide bonds. The molecule has 8 nitrogen and oxygen atoms in total. The summed E-state index contributed by atoms with van der Waals surface area (Å²) in [5, 5.41) is 5.82.